The number of urea groups is 1. The average Bonchev–Trinajstić information content (AvgIpc) is 3.34. The van der Waals surface area contributed by atoms with Gasteiger partial charge in [-0.25, -0.2) is 9.18 Å². The van der Waals surface area contributed by atoms with Crippen LogP contribution >= 0.6 is 0 Å². The molecule has 1 N–H and O–H groups in total. The van der Waals surface area contributed by atoms with Gasteiger partial charge in [-0.2, -0.15) is 4.98 Å². The molecule has 1 atom stereocenters. The lowest BCUT2D eigenvalue weighted by molar-refractivity contribution is 0.136. The van der Waals surface area contributed by atoms with E-state index in [-0.39, 0.29) is 17.7 Å². The quantitative estimate of drug-likeness (QED) is 0.401. The molecule has 4 rings (SSSR count). The first-order chi connectivity index (χ1) is 17.0. The first kappa shape index (κ1) is 24.4. The largest absolute Gasteiger partial charge is 0.494 e. The van der Waals surface area contributed by atoms with Crippen molar-refractivity contribution in [2.24, 2.45) is 0 Å². The van der Waals surface area contributed by atoms with E-state index in [0.29, 0.717) is 49.7 Å². The van der Waals surface area contributed by atoms with Gasteiger partial charge in [-0.15, -0.1) is 0 Å². The van der Waals surface area contributed by atoms with Crippen molar-refractivity contribution >= 4 is 11.6 Å². The molecule has 2 heterocycles. The molecular weight excluding hydrogens is 451 g/mol. The number of carbonyl (C=O) groups excluding carboxylic acids is 1. The Hall–Kier alpha value is -3.72. The van der Waals surface area contributed by atoms with E-state index in [9.17, 15) is 9.18 Å². The highest BCUT2D eigenvalue weighted by molar-refractivity contribution is 5.86. The number of allylic oxidation sites excluding steroid dienone is 1. The molecule has 0 spiro atoms. The zero-order valence-electron chi connectivity index (χ0n) is 20.1. The number of nitrogens with one attached hydrogen (secondary N) is 1. The lowest BCUT2D eigenvalue weighted by atomic mass is 9.94. The van der Waals surface area contributed by atoms with Crippen LogP contribution < -0.4 is 10.1 Å². The molecule has 2 amide bonds. The normalized spacial score (nSPS) is 15.9. The molecule has 1 aromatic heterocycles. The molecule has 0 radical (unpaired) electrons. The van der Waals surface area contributed by atoms with Gasteiger partial charge in [0.1, 0.15) is 11.6 Å². The summed E-state index contributed by atoms with van der Waals surface area (Å²) in [5.41, 5.74) is 2.90. The lowest BCUT2D eigenvalue weighted by Crippen LogP contribution is -2.46. The summed E-state index contributed by atoms with van der Waals surface area (Å²) in [7, 11) is 0. The number of amides is 2. The van der Waals surface area contributed by atoms with Crippen molar-refractivity contribution in [3.8, 4) is 17.1 Å². The van der Waals surface area contributed by atoms with Crippen molar-refractivity contribution in [3.05, 3.63) is 71.5 Å². The molecule has 9 heteroatoms. The minimum Gasteiger partial charge on any atom is -0.494 e. The third kappa shape index (κ3) is 5.51. The summed E-state index contributed by atoms with van der Waals surface area (Å²) in [5.74, 6) is 1.03. The van der Waals surface area contributed by atoms with Crippen LogP contribution in [0.25, 0.3) is 17.0 Å². The maximum atomic E-state index is 13.4. The number of aromatic nitrogens is 2. The second kappa shape index (κ2) is 11.1. The number of rotatable bonds is 10. The molecule has 35 heavy (non-hydrogen) atoms. The van der Waals surface area contributed by atoms with Gasteiger partial charge in [-0.05, 0) is 69.2 Å². The Morgan fingerprint density at radius 3 is 2.51 bits per heavy atom. The van der Waals surface area contributed by atoms with Gasteiger partial charge in [0, 0.05) is 31.0 Å². The van der Waals surface area contributed by atoms with Gasteiger partial charge in [0.05, 0.1) is 18.2 Å². The van der Waals surface area contributed by atoms with Crippen LogP contribution in [0.1, 0.15) is 44.7 Å². The van der Waals surface area contributed by atoms with Crippen LogP contribution in [-0.2, 0) is 4.74 Å². The van der Waals surface area contributed by atoms with E-state index in [1.165, 1.54) is 12.1 Å². The van der Waals surface area contributed by atoms with E-state index < -0.39 is 6.04 Å². The minimum absolute atomic E-state index is 0.208. The van der Waals surface area contributed by atoms with Crippen molar-refractivity contribution in [2.45, 2.75) is 33.2 Å². The Morgan fingerprint density at radius 2 is 1.83 bits per heavy atom. The van der Waals surface area contributed by atoms with Gasteiger partial charge < -0.3 is 19.3 Å². The topological polar surface area (TPSA) is 89.7 Å². The molecule has 0 aliphatic carbocycles. The monoisotopic (exact) mass is 480 g/mol. The first-order valence-electron chi connectivity index (χ1n) is 11.7. The molecule has 0 fully saturated rings. The van der Waals surface area contributed by atoms with Gasteiger partial charge in [0.15, 0.2) is 0 Å². The van der Waals surface area contributed by atoms with E-state index in [0.717, 1.165) is 17.0 Å². The van der Waals surface area contributed by atoms with Crippen molar-refractivity contribution in [3.63, 3.8) is 0 Å². The first-order valence-corrected chi connectivity index (χ1v) is 11.7. The Labute approximate surface area is 203 Å². The zero-order chi connectivity index (χ0) is 24.8. The molecule has 0 saturated heterocycles. The maximum Gasteiger partial charge on any atom is 0.322 e. The number of benzene rings is 2. The molecule has 1 aliphatic heterocycles. The van der Waals surface area contributed by atoms with Crippen LogP contribution in [-0.4, -0.2) is 47.4 Å². The Bertz CT molecular complexity index is 1170. The summed E-state index contributed by atoms with van der Waals surface area (Å²) in [4.78, 5) is 19.3. The Kier molecular flexibility index (Phi) is 7.77. The molecule has 1 unspecified atom stereocenters. The molecule has 2 aromatic carbocycles. The fraction of sp³-hybridized carbons (Fsp3) is 0.346. The summed E-state index contributed by atoms with van der Waals surface area (Å²) < 4.78 is 30.0. The van der Waals surface area contributed by atoms with Gasteiger partial charge in [-0.3, -0.25) is 4.90 Å². The van der Waals surface area contributed by atoms with Crippen LogP contribution in [0.3, 0.4) is 0 Å². The number of halogens is 1. The highest BCUT2D eigenvalue weighted by Gasteiger charge is 2.35. The fourth-order valence-electron chi connectivity index (χ4n) is 4.02. The van der Waals surface area contributed by atoms with Crippen LogP contribution in [0.2, 0.25) is 0 Å². The molecule has 184 valence electrons. The molecule has 8 nitrogen and oxygen atoms in total. The maximum absolute atomic E-state index is 13.4. The van der Waals surface area contributed by atoms with Crippen LogP contribution in [0, 0.1) is 5.82 Å². The average molecular weight is 481 g/mol. The lowest BCUT2D eigenvalue weighted by Gasteiger charge is -2.35. The second-order valence-corrected chi connectivity index (χ2v) is 8.02. The van der Waals surface area contributed by atoms with E-state index in [1.807, 2.05) is 45.0 Å². The predicted molar refractivity (Wildman–Crippen MR) is 129 cm³/mol. The molecule has 0 saturated carbocycles. The zero-order valence-corrected chi connectivity index (χ0v) is 20.1. The molecule has 1 aliphatic rings. The van der Waals surface area contributed by atoms with Crippen molar-refractivity contribution < 1.29 is 23.2 Å². The Morgan fingerprint density at radius 1 is 1.09 bits per heavy atom. The van der Waals surface area contributed by atoms with E-state index >= 15 is 0 Å². The smallest absolute Gasteiger partial charge is 0.322 e. The van der Waals surface area contributed by atoms with Crippen LogP contribution in [0.4, 0.5) is 9.18 Å². The SMILES string of the molecule is CCOCCCN1C(=O)NC(c2ccc(OCC)cc2)C(c2nc(-c3ccc(F)cc3)no2)=C1C. The third-order valence-corrected chi connectivity index (χ3v) is 5.75. The van der Waals surface area contributed by atoms with E-state index in [4.69, 9.17) is 14.0 Å². The summed E-state index contributed by atoms with van der Waals surface area (Å²) in [5, 5.41) is 7.19. The predicted octanol–water partition coefficient (Wildman–Crippen LogP) is 5.20. The number of hydrogen-bond donors (Lipinski definition) is 1. The van der Waals surface area contributed by atoms with Crippen molar-refractivity contribution in [1.82, 2.24) is 20.4 Å². The molecular formula is C26H29FN4O4. The highest BCUT2D eigenvalue weighted by atomic mass is 19.1. The van der Waals surface area contributed by atoms with Gasteiger partial charge in [0.25, 0.3) is 5.89 Å². The fourth-order valence-corrected chi connectivity index (χ4v) is 4.02. The van der Waals surface area contributed by atoms with E-state index in [2.05, 4.69) is 15.5 Å². The number of nitrogens with zero attached hydrogens (tertiary/aromatic N) is 3. The number of hydrogen-bond acceptors (Lipinski definition) is 6. The molecule has 3 aromatic rings. The van der Waals surface area contributed by atoms with Crippen molar-refractivity contribution in [2.75, 3.05) is 26.4 Å². The summed E-state index contributed by atoms with van der Waals surface area (Å²) in [6.07, 6.45) is 0.685. The second-order valence-electron chi connectivity index (χ2n) is 8.02. The van der Waals surface area contributed by atoms with Crippen molar-refractivity contribution in [1.29, 1.82) is 0 Å². The summed E-state index contributed by atoms with van der Waals surface area (Å²) in [6.45, 7) is 7.96. The van der Waals surface area contributed by atoms with Crippen LogP contribution in [0.5, 0.6) is 5.75 Å². The van der Waals surface area contributed by atoms with E-state index in [1.54, 1.807) is 17.0 Å². The van der Waals surface area contributed by atoms with Gasteiger partial charge in [0.2, 0.25) is 5.82 Å². The third-order valence-electron chi connectivity index (χ3n) is 5.75. The summed E-state index contributed by atoms with van der Waals surface area (Å²) in [6, 6.07) is 12.7. The van der Waals surface area contributed by atoms with Gasteiger partial charge in [-0.1, -0.05) is 17.3 Å². The summed E-state index contributed by atoms with van der Waals surface area (Å²) >= 11 is 0. The van der Waals surface area contributed by atoms with Gasteiger partial charge >= 0.3 is 6.03 Å². The molecule has 0 bridgehead atoms. The number of carbonyl (C=O) groups is 1. The highest BCUT2D eigenvalue weighted by Crippen LogP contribution is 2.37. The standard InChI is InChI=1S/C26H29FN4O4/c1-4-33-16-6-15-31-17(3)22(25-29-24(30-35-25)19-7-11-20(27)12-8-19)23(28-26(31)32)18-9-13-21(14-10-18)34-5-2/h7-14,23H,4-6,15-16H2,1-3H3,(H,28,32). The Balaban J connectivity index is 1.71. The van der Waals surface area contributed by atoms with Crippen LogP contribution in [0.15, 0.2) is 58.8 Å². The minimum atomic E-state index is -0.497. The number of ether oxygens (including phenoxy) is 2.